The number of ether oxygens (including phenoxy) is 1. The van der Waals surface area contributed by atoms with Gasteiger partial charge in [-0.1, -0.05) is 31.2 Å². The third kappa shape index (κ3) is 2.69. The van der Waals surface area contributed by atoms with Gasteiger partial charge in [0.1, 0.15) is 17.1 Å². The predicted molar refractivity (Wildman–Crippen MR) is 69.3 cm³/mol. The van der Waals surface area contributed by atoms with Crippen LogP contribution >= 0.6 is 0 Å². The Labute approximate surface area is 106 Å². The van der Waals surface area contributed by atoms with Crippen molar-refractivity contribution in [3.05, 3.63) is 59.7 Å². The Kier molecular flexibility index (Phi) is 3.63. The first kappa shape index (κ1) is 12.2. The van der Waals surface area contributed by atoms with Crippen molar-refractivity contribution in [1.82, 2.24) is 0 Å². The van der Waals surface area contributed by atoms with E-state index in [0.29, 0.717) is 11.5 Å². The second kappa shape index (κ2) is 5.36. The van der Waals surface area contributed by atoms with Crippen molar-refractivity contribution in [1.29, 1.82) is 0 Å². The molecule has 3 nitrogen and oxygen atoms in total. The SMILES string of the molecule is CCc1ccc(Oc2ccccc2C(=O)O)cc1. The van der Waals surface area contributed by atoms with E-state index in [1.807, 2.05) is 24.3 Å². The molecule has 0 unspecified atom stereocenters. The number of carboxylic acid groups (broad SMARTS) is 1. The maximum Gasteiger partial charge on any atom is 0.339 e. The van der Waals surface area contributed by atoms with Crippen LogP contribution in [0.4, 0.5) is 0 Å². The first-order valence-corrected chi connectivity index (χ1v) is 5.80. The van der Waals surface area contributed by atoms with Crippen LogP contribution in [0.3, 0.4) is 0 Å². The number of aryl methyl sites for hydroxylation is 1. The van der Waals surface area contributed by atoms with Crippen LogP contribution in [0, 0.1) is 0 Å². The van der Waals surface area contributed by atoms with Gasteiger partial charge in [-0.2, -0.15) is 0 Å². The van der Waals surface area contributed by atoms with Gasteiger partial charge in [-0.25, -0.2) is 4.79 Å². The molecule has 0 radical (unpaired) electrons. The van der Waals surface area contributed by atoms with Crippen molar-refractivity contribution in [2.45, 2.75) is 13.3 Å². The number of rotatable bonds is 4. The first-order chi connectivity index (χ1) is 8.70. The molecule has 0 aliphatic rings. The van der Waals surface area contributed by atoms with Crippen molar-refractivity contribution in [3.63, 3.8) is 0 Å². The Bertz CT molecular complexity index is 544. The van der Waals surface area contributed by atoms with E-state index < -0.39 is 5.97 Å². The fourth-order valence-corrected chi connectivity index (χ4v) is 1.65. The van der Waals surface area contributed by atoms with E-state index in [1.54, 1.807) is 18.2 Å². The molecular formula is C15H14O3. The van der Waals surface area contributed by atoms with Gasteiger partial charge in [0, 0.05) is 0 Å². The Morgan fingerprint density at radius 1 is 1.11 bits per heavy atom. The van der Waals surface area contributed by atoms with Crippen molar-refractivity contribution in [2.24, 2.45) is 0 Å². The maximum absolute atomic E-state index is 11.0. The summed E-state index contributed by atoms with van der Waals surface area (Å²) in [6.45, 7) is 2.08. The lowest BCUT2D eigenvalue weighted by Crippen LogP contribution is -1.99. The number of benzene rings is 2. The van der Waals surface area contributed by atoms with Gasteiger partial charge in [0.15, 0.2) is 0 Å². The minimum atomic E-state index is -0.990. The molecule has 0 saturated carbocycles. The highest BCUT2D eigenvalue weighted by atomic mass is 16.5. The Hall–Kier alpha value is -2.29. The quantitative estimate of drug-likeness (QED) is 0.888. The van der Waals surface area contributed by atoms with Crippen LogP contribution in [-0.2, 0) is 6.42 Å². The third-order valence-electron chi connectivity index (χ3n) is 2.68. The fourth-order valence-electron chi connectivity index (χ4n) is 1.65. The van der Waals surface area contributed by atoms with Crippen LogP contribution < -0.4 is 4.74 Å². The molecule has 2 rings (SSSR count). The lowest BCUT2D eigenvalue weighted by molar-refractivity contribution is 0.0694. The molecule has 0 spiro atoms. The molecule has 2 aromatic carbocycles. The second-order valence-corrected chi connectivity index (χ2v) is 3.90. The second-order valence-electron chi connectivity index (χ2n) is 3.90. The van der Waals surface area contributed by atoms with Gasteiger partial charge in [-0.15, -0.1) is 0 Å². The van der Waals surface area contributed by atoms with Gasteiger partial charge in [0.2, 0.25) is 0 Å². The molecule has 0 fully saturated rings. The minimum Gasteiger partial charge on any atom is -0.478 e. The first-order valence-electron chi connectivity index (χ1n) is 5.80. The van der Waals surface area contributed by atoms with Gasteiger partial charge < -0.3 is 9.84 Å². The summed E-state index contributed by atoms with van der Waals surface area (Å²) in [6.07, 6.45) is 0.964. The monoisotopic (exact) mass is 242 g/mol. The maximum atomic E-state index is 11.0. The van der Waals surface area contributed by atoms with E-state index in [-0.39, 0.29) is 5.56 Å². The summed E-state index contributed by atoms with van der Waals surface area (Å²) in [5.74, 6) is 0.00549. The fraction of sp³-hybridized carbons (Fsp3) is 0.133. The van der Waals surface area contributed by atoms with E-state index in [1.165, 1.54) is 11.6 Å². The number of aromatic carboxylic acids is 1. The van der Waals surface area contributed by atoms with Gasteiger partial charge in [-0.3, -0.25) is 0 Å². The van der Waals surface area contributed by atoms with Crippen LogP contribution in [0.25, 0.3) is 0 Å². The molecule has 0 aliphatic heterocycles. The zero-order valence-electron chi connectivity index (χ0n) is 10.1. The van der Waals surface area contributed by atoms with E-state index in [9.17, 15) is 4.79 Å². The van der Waals surface area contributed by atoms with Gasteiger partial charge >= 0.3 is 5.97 Å². The van der Waals surface area contributed by atoms with Crippen LogP contribution in [0.2, 0.25) is 0 Å². The third-order valence-corrected chi connectivity index (χ3v) is 2.68. The van der Waals surface area contributed by atoms with Crippen LogP contribution in [0.15, 0.2) is 48.5 Å². The molecule has 92 valence electrons. The Morgan fingerprint density at radius 3 is 2.39 bits per heavy atom. The van der Waals surface area contributed by atoms with Crippen LogP contribution in [-0.4, -0.2) is 11.1 Å². The van der Waals surface area contributed by atoms with Crippen molar-refractivity contribution in [2.75, 3.05) is 0 Å². The van der Waals surface area contributed by atoms with Crippen molar-refractivity contribution in [3.8, 4) is 11.5 Å². The molecular weight excluding hydrogens is 228 g/mol. The summed E-state index contributed by atoms with van der Waals surface area (Å²) in [4.78, 5) is 11.0. The Balaban J connectivity index is 2.25. The molecule has 0 saturated heterocycles. The van der Waals surface area contributed by atoms with Gasteiger partial charge in [0.05, 0.1) is 0 Å². The molecule has 0 bridgehead atoms. The number of hydrogen-bond acceptors (Lipinski definition) is 2. The predicted octanol–water partition coefficient (Wildman–Crippen LogP) is 3.74. The van der Waals surface area contributed by atoms with E-state index in [2.05, 4.69) is 6.92 Å². The van der Waals surface area contributed by atoms with E-state index in [4.69, 9.17) is 9.84 Å². The minimum absolute atomic E-state index is 0.164. The van der Waals surface area contributed by atoms with Crippen molar-refractivity contribution >= 4 is 5.97 Å². The van der Waals surface area contributed by atoms with Crippen LogP contribution in [0.1, 0.15) is 22.8 Å². The topological polar surface area (TPSA) is 46.5 Å². The summed E-state index contributed by atoms with van der Waals surface area (Å²) in [5.41, 5.74) is 1.38. The summed E-state index contributed by atoms with van der Waals surface area (Å²) < 4.78 is 5.59. The lowest BCUT2D eigenvalue weighted by Gasteiger charge is -2.08. The molecule has 0 aliphatic carbocycles. The number of hydrogen-bond donors (Lipinski definition) is 1. The summed E-state index contributed by atoms with van der Waals surface area (Å²) >= 11 is 0. The summed E-state index contributed by atoms with van der Waals surface area (Å²) in [5, 5.41) is 9.05. The normalized spacial score (nSPS) is 10.1. The van der Waals surface area contributed by atoms with E-state index in [0.717, 1.165) is 6.42 Å². The van der Waals surface area contributed by atoms with Crippen LogP contribution in [0.5, 0.6) is 11.5 Å². The smallest absolute Gasteiger partial charge is 0.339 e. The standard InChI is InChI=1S/C15H14O3/c1-2-11-7-9-12(10-8-11)18-14-6-4-3-5-13(14)15(16)17/h3-10H,2H2,1H3,(H,16,17). The molecule has 0 amide bonds. The van der Waals surface area contributed by atoms with Gasteiger partial charge in [-0.05, 0) is 36.2 Å². The lowest BCUT2D eigenvalue weighted by atomic mass is 10.1. The highest BCUT2D eigenvalue weighted by molar-refractivity contribution is 5.90. The highest BCUT2D eigenvalue weighted by Gasteiger charge is 2.10. The number of para-hydroxylation sites is 1. The van der Waals surface area contributed by atoms with Crippen molar-refractivity contribution < 1.29 is 14.6 Å². The number of carbonyl (C=O) groups is 1. The summed E-state index contributed by atoms with van der Waals surface area (Å²) in [7, 11) is 0. The Morgan fingerprint density at radius 2 is 1.78 bits per heavy atom. The zero-order chi connectivity index (χ0) is 13.0. The van der Waals surface area contributed by atoms with E-state index >= 15 is 0 Å². The molecule has 2 aromatic rings. The molecule has 18 heavy (non-hydrogen) atoms. The molecule has 0 heterocycles. The average Bonchev–Trinajstić information content (AvgIpc) is 2.40. The molecule has 0 aromatic heterocycles. The largest absolute Gasteiger partial charge is 0.478 e. The van der Waals surface area contributed by atoms with Gasteiger partial charge in [0.25, 0.3) is 0 Å². The highest BCUT2D eigenvalue weighted by Crippen LogP contribution is 2.25. The molecule has 1 N–H and O–H groups in total. The molecule has 0 atom stereocenters. The zero-order valence-corrected chi connectivity index (χ0v) is 10.1. The summed E-state index contributed by atoms with van der Waals surface area (Å²) in [6, 6.07) is 14.2. The molecule has 3 heteroatoms. The number of carboxylic acids is 1. The average molecular weight is 242 g/mol.